The van der Waals surface area contributed by atoms with Crippen molar-refractivity contribution < 1.29 is 17.9 Å². The third kappa shape index (κ3) is 2.53. The Morgan fingerprint density at radius 2 is 2.06 bits per heavy atom. The minimum Gasteiger partial charge on any atom is -0.465 e. The van der Waals surface area contributed by atoms with Crippen molar-refractivity contribution in [2.75, 3.05) is 20.2 Å². The molecule has 1 aliphatic heterocycles. The number of carbonyl (C=O) groups is 1. The zero-order chi connectivity index (χ0) is 13.2. The topological polar surface area (TPSA) is 84.5 Å². The number of sulfonamides is 1. The van der Waals surface area contributed by atoms with Crippen molar-refractivity contribution in [3.8, 4) is 0 Å². The summed E-state index contributed by atoms with van der Waals surface area (Å²) in [5, 5.41) is 2.97. The number of esters is 1. The zero-order valence-electron chi connectivity index (χ0n) is 9.84. The molecule has 7 heteroatoms. The van der Waals surface area contributed by atoms with Gasteiger partial charge in [0.05, 0.1) is 17.6 Å². The fourth-order valence-electron chi connectivity index (χ4n) is 1.63. The second-order valence-electron chi connectivity index (χ2n) is 3.96. The van der Waals surface area contributed by atoms with E-state index in [0.717, 1.165) is 0 Å². The van der Waals surface area contributed by atoms with E-state index in [9.17, 15) is 13.2 Å². The molecule has 0 amide bonds. The Bertz CT molecular complexity index is 552. The van der Waals surface area contributed by atoms with E-state index in [4.69, 9.17) is 0 Å². The third-order valence-corrected chi connectivity index (χ3v) is 4.26. The first kappa shape index (κ1) is 13.0. The Morgan fingerprint density at radius 1 is 1.39 bits per heavy atom. The molecule has 0 bridgehead atoms. The van der Waals surface area contributed by atoms with Crippen molar-refractivity contribution in [2.45, 2.75) is 10.9 Å². The average molecular weight is 270 g/mol. The molecule has 0 aliphatic carbocycles. The van der Waals surface area contributed by atoms with E-state index in [0.29, 0.717) is 13.1 Å². The molecule has 0 aromatic heterocycles. The summed E-state index contributed by atoms with van der Waals surface area (Å²) in [6, 6.07) is 5.86. The van der Waals surface area contributed by atoms with Crippen LogP contribution in [-0.4, -0.2) is 40.6 Å². The number of hydrogen-bond acceptors (Lipinski definition) is 5. The Kier molecular flexibility index (Phi) is 3.65. The summed E-state index contributed by atoms with van der Waals surface area (Å²) in [7, 11) is -2.48. The largest absolute Gasteiger partial charge is 0.465 e. The van der Waals surface area contributed by atoms with Crippen LogP contribution in [0.2, 0.25) is 0 Å². The summed E-state index contributed by atoms with van der Waals surface area (Å²) < 4.78 is 31.4. The number of rotatable bonds is 4. The van der Waals surface area contributed by atoms with Gasteiger partial charge >= 0.3 is 5.97 Å². The SMILES string of the molecule is COC(=O)c1ccccc1S(=O)(=O)NC1CNC1. The average Bonchev–Trinajstić information content (AvgIpc) is 2.33. The second kappa shape index (κ2) is 5.05. The van der Waals surface area contributed by atoms with Crippen LogP contribution in [0.4, 0.5) is 0 Å². The molecule has 2 rings (SSSR count). The summed E-state index contributed by atoms with van der Waals surface area (Å²) in [6.07, 6.45) is 0. The van der Waals surface area contributed by atoms with Gasteiger partial charge in [-0.2, -0.15) is 0 Å². The van der Waals surface area contributed by atoms with E-state index in [-0.39, 0.29) is 16.5 Å². The van der Waals surface area contributed by atoms with Crippen molar-refractivity contribution in [1.82, 2.24) is 10.0 Å². The fourth-order valence-corrected chi connectivity index (χ4v) is 3.07. The highest BCUT2D eigenvalue weighted by molar-refractivity contribution is 7.89. The van der Waals surface area contributed by atoms with Gasteiger partial charge in [0.15, 0.2) is 0 Å². The number of hydrogen-bond donors (Lipinski definition) is 2. The van der Waals surface area contributed by atoms with Crippen LogP contribution in [0.25, 0.3) is 0 Å². The maximum atomic E-state index is 12.1. The van der Waals surface area contributed by atoms with Crippen LogP contribution in [0.1, 0.15) is 10.4 Å². The predicted molar refractivity (Wildman–Crippen MR) is 64.8 cm³/mol. The first-order valence-electron chi connectivity index (χ1n) is 5.45. The number of carbonyl (C=O) groups excluding carboxylic acids is 1. The van der Waals surface area contributed by atoms with E-state index < -0.39 is 16.0 Å². The zero-order valence-corrected chi connectivity index (χ0v) is 10.7. The van der Waals surface area contributed by atoms with Crippen molar-refractivity contribution >= 4 is 16.0 Å². The van der Waals surface area contributed by atoms with Gasteiger partial charge in [-0.25, -0.2) is 17.9 Å². The summed E-state index contributed by atoms with van der Waals surface area (Å²) in [4.78, 5) is 11.5. The molecule has 1 aromatic rings. The lowest BCUT2D eigenvalue weighted by molar-refractivity contribution is 0.0596. The molecule has 1 fully saturated rings. The molecule has 0 spiro atoms. The van der Waals surface area contributed by atoms with Crippen molar-refractivity contribution in [2.24, 2.45) is 0 Å². The molecule has 98 valence electrons. The molecule has 1 aliphatic rings. The van der Waals surface area contributed by atoms with Crippen LogP contribution in [0.15, 0.2) is 29.2 Å². The van der Waals surface area contributed by atoms with E-state index in [2.05, 4.69) is 14.8 Å². The summed E-state index contributed by atoms with van der Waals surface area (Å²) in [6.45, 7) is 1.19. The van der Waals surface area contributed by atoms with Gasteiger partial charge in [0, 0.05) is 19.1 Å². The van der Waals surface area contributed by atoms with Crippen LogP contribution in [0.3, 0.4) is 0 Å². The summed E-state index contributed by atoms with van der Waals surface area (Å²) in [5.41, 5.74) is 0.0415. The third-order valence-electron chi connectivity index (χ3n) is 2.69. The van der Waals surface area contributed by atoms with Gasteiger partial charge in [0.1, 0.15) is 0 Å². The number of nitrogens with one attached hydrogen (secondary N) is 2. The van der Waals surface area contributed by atoms with Gasteiger partial charge in [-0.1, -0.05) is 12.1 Å². The van der Waals surface area contributed by atoms with Crippen molar-refractivity contribution in [3.63, 3.8) is 0 Å². The van der Waals surface area contributed by atoms with Crippen LogP contribution in [0, 0.1) is 0 Å². The van der Waals surface area contributed by atoms with Gasteiger partial charge in [0.25, 0.3) is 0 Å². The summed E-state index contributed by atoms with van der Waals surface area (Å²) in [5.74, 6) is -0.664. The number of benzene rings is 1. The molecule has 2 N–H and O–H groups in total. The summed E-state index contributed by atoms with van der Waals surface area (Å²) >= 11 is 0. The molecule has 6 nitrogen and oxygen atoms in total. The Labute approximate surface area is 105 Å². The van der Waals surface area contributed by atoms with E-state index in [1.54, 1.807) is 12.1 Å². The lowest BCUT2D eigenvalue weighted by atomic mass is 10.2. The van der Waals surface area contributed by atoms with Crippen LogP contribution in [0.5, 0.6) is 0 Å². The lowest BCUT2D eigenvalue weighted by Crippen LogP contribution is -2.56. The lowest BCUT2D eigenvalue weighted by Gasteiger charge is -2.27. The molecule has 1 heterocycles. The number of methoxy groups -OCH3 is 1. The maximum absolute atomic E-state index is 12.1. The van der Waals surface area contributed by atoms with Gasteiger partial charge in [-0.15, -0.1) is 0 Å². The normalized spacial score (nSPS) is 16.1. The highest BCUT2D eigenvalue weighted by atomic mass is 32.2. The Morgan fingerprint density at radius 3 is 2.61 bits per heavy atom. The Balaban J connectivity index is 2.34. The molecule has 0 radical (unpaired) electrons. The van der Waals surface area contributed by atoms with E-state index in [1.165, 1.54) is 19.2 Å². The quantitative estimate of drug-likeness (QED) is 0.735. The van der Waals surface area contributed by atoms with Gasteiger partial charge in [-0.3, -0.25) is 0 Å². The molecule has 1 saturated heterocycles. The van der Waals surface area contributed by atoms with Crippen LogP contribution < -0.4 is 10.0 Å². The highest BCUT2D eigenvalue weighted by Crippen LogP contribution is 2.17. The maximum Gasteiger partial charge on any atom is 0.339 e. The van der Waals surface area contributed by atoms with Crippen LogP contribution >= 0.6 is 0 Å². The number of ether oxygens (including phenoxy) is 1. The predicted octanol–water partition coefficient (Wildman–Crippen LogP) is -0.277. The smallest absolute Gasteiger partial charge is 0.339 e. The minimum atomic E-state index is -3.70. The molecule has 0 saturated carbocycles. The van der Waals surface area contributed by atoms with Crippen molar-refractivity contribution in [3.05, 3.63) is 29.8 Å². The van der Waals surface area contributed by atoms with Crippen LogP contribution in [-0.2, 0) is 14.8 Å². The van der Waals surface area contributed by atoms with E-state index in [1.807, 2.05) is 0 Å². The van der Waals surface area contributed by atoms with E-state index >= 15 is 0 Å². The molecular weight excluding hydrogens is 256 g/mol. The Hall–Kier alpha value is -1.44. The first-order valence-corrected chi connectivity index (χ1v) is 6.93. The monoisotopic (exact) mass is 270 g/mol. The molecule has 1 aromatic carbocycles. The second-order valence-corrected chi connectivity index (χ2v) is 5.65. The molecule has 0 unspecified atom stereocenters. The van der Waals surface area contributed by atoms with Gasteiger partial charge < -0.3 is 10.1 Å². The molecular formula is C11H14N2O4S. The molecule has 18 heavy (non-hydrogen) atoms. The van der Waals surface area contributed by atoms with Gasteiger partial charge in [-0.05, 0) is 12.1 Å². The highest BCUT2D eigenvalue weighted by Gasteiger charge is 2.27. The van der Waals surface area contributed by atoms with Gasteiger partial charge in [0.2, 0.25) is 10.0 Å². The first-order chi connectivity index (χ1) is 8.54. The van der Waals surface area contributed by atoms with Crippen molar-refractivity contribution in [1.29, 1.82) is 0 Å². The fraction of sp³-hybridized carbons (Fsp3) is 0.364. The minimum absolute atomic E-state index is 0.0415. The molecule has 0 atom stereocenters. The standard InChI is InChI=1S/C11H14N2O4S/c1-17-11(14)9-4-2-3-5-10(9)18(15,16)13-8-6-12-7-8/h2-5,8,12-13H,6-7H2,1H3.